The van der Waals surface area contributed by atoms with E-state index in [1.807, 2.05) is 0 Å². The molecule has 1 saturated heterocycles. The van der Waals surface area contributed by atoms with E-state index < -0.39 is 23.1 Å². The monoisotopic (exact) mass is 693 g/mol. The molecule has 0 aliphatic carbocycles. The van der Waals surface area contributed by atoms with Crippen LogP contribution in [-0.4, -0.2) is 72.1 Å². The van der Waals surface area contributed by atoms with Crippen molar-refractivity contribution in [1.82, 2.24) is 19.7 Å². The molecule has 6 aromatic rings. The number of carbonyl (C=O) groups is 1. The third kappa shape index (κ3) is 7.35. The van der Waals surface area contributed by atoms with Crippen molar-refractivity contribution in [1.29, 1.82) is 0 Å². The van der Waals surface area contributed by atoms with E-state index >= 15 is 4.39 Å². The summed E-state index contributed by atoms with van der Waals surface area (Å²) in [5.41, 5.74) is 0.423. The van der Waals surface area contributed by atoms with Crippen LogP contribution in [-0.2, 0) is 4.74 Å². The molecule has 4 aromatic carbocycles. The molecule has 0 spiro atoms. The Morgan fingerprint density at radius 2 is 1.67 bits per heavy atom. The van der Waals surface area contributed by atoms with Crippen LogP contribution in [0.3, 0.4) is 0 Å². The summed E-state index contributed by atoms with van der Waals surface area (Å²) >= 11 is 0. The second kappa shape index (κ2) is 14.9. The van der Waals surface area contributed by atoms with Gasteiger partial charge in [0.25, 0.3) is 11.5 Å². The van der Waals surface area contributed by atoms with Gasteiger partial charge in [-0.1, -0.05) is 18.2 Å². The van der Waals surface area contributed by atoms with Gasteiger partial charge in [0, 0.05) is 54.4 Å². The molecule has 1 aliphatic rings. The Balaban J connectivity index is 1.08. The topological polar surface area (TPSA) is 117 Å². The molecule has 0 radical (unpaired) electrons. The fourth-order valence-corrected chi connectivity index (χ4v) is 5.87. The number of aromatic nitrogens is 3. The average Bonchev–Trinajstić information content (AvgIpc) is 3.15. The largest absolute Gasteiger partial charge is 0.493 e. The fourth-order valence-electron chi connectivity index (χ4n) is 5.87. The molecule has 0 saturated carbocycles. The van der Waals surface area contributed by atoms with Gasteiger partial charge >= 0.3 is 0 Å². The quantitative estimate of drug-likeness (QED) is 0.155. The van der Waals surface area contributed by atoms with E-state index in [1.165, 1.54) is 36.4 Å². The van der Waals surface area contributed by atoms with E-state index in [0.29, 0.717) is 40.1 Å². The predicted molar refractivity (Wildman–Crippen MR) is 187 cm³/mol. The minimum atomic E-state index is -0.737. The molecule has 260 valence electrons. The number of anilines is 1. The highest BCUT2D eigenvalue weighted by atomic mass is 19.1. The van der Waals surface area contributed by atoms with Gasteiger partial charge in [-0.15, -0.1) is 0 Å². The third-order valence-electron chi connectivity index (χ3n) is 8.47. The predicted octanol–water partition coefficient (Wildman–Crippen LogP) is 6.37. The van der Waals surface area contributed by atoms with E-state index in [9.17, 15) is 14.0 Å². The van der Waals surface area contributed by atoms with Crippen LogP contribution in [0, 0.1) is 11.6 Å². The Bertz CT molecular complexity index is 2280. The Morgan fingerprint density at radius 3 is 2.43 bits per heavy atom. The Labute approximate surface area is 291 Å². The Kier molecular flexibility index (Phi) is 9.81. The Hall–Kier alpha value is -5.92. The normalized spacial score (nSPS) is 13.3. The summed E-state index contributed by atoms with van der Waals surface area (Å²) in [5.74, 6) is -0.624. The summed E-state index contributed by atoms with van der Waals surface area (Å²) in [5, 5.41) is 8.09. The van der Waals surface area contributed by atoms with Crippen molar-refractivity contribution in [3.05, 3.63) is 119 Å². The molecule has 0 bridgehead atoms. The zero-order valence-corrected chi connectivity index (χ0v) is 27.6. The number of hydrogen-bond donors (Lipinski definition) is 1. The van der Waals surface area contributed by atoms with Gasteiger partial charge in [-0.05, 0) is 61.0 Å². The third-order valence-corrected chi connectivity index (χ3v) is 8.47. The van der Waals surface area contributed by atoms with Gasteiger partial charge in [-0.2, -0.15) is 9.78 Å². The van der Waals surface area contributed by atoms with Crippen LogP contribution < -0.4 is 25.1 Å². The summed E-state index contributed by atoms with van der Waals surface area (Å²) in [6, 6.07) is 20.8. The van der Waals surface area contributed by atoms with E-state index in [2.05, 4.69) is 20.3 Å². The molecule has 51 heavy (non-hydrogen) atoms. The number of amides is 1. The van der Waals surface area contributed by atoms with Crippen LogP contribution in [0.25, 0.3) is 27.4 Å². The van der Waals surface area contributed by atoms with Gasteiger partial charge in [-0.3, -0.25) is 19.5 Å². The number of fused-ring (bicyclic) bond motifs is 2. The van der Waals surface area contributed by atoms with Crippen molar-refractivity contribution in [3.8, 4) is 28.7 Å². The molecular formula is C38H33F2N5O6. The van der Waals surface area contributed by atoms with Crippen LogP contribution >= 0.6 is 0 Å². The number of ether oxygens (including phenoxy) is 4. The number of hydrogen-bond acceptors (Lipinski definition) is 9. The summed E-state index contributed by atoms with van der Waals surface area (Å²) in [6.45, 7) is 4.72. The first-order chi connectivity index (χ1) is 24.9. The second-order valence-corrected chi connectivity index (χ2v) is 11.8. The maximum Gasteiger partial charge on any atom is 0.279 e. The number of nitrogens with zero attached hydrogens (tertiary/aromatic N) is 4. The van der Waals surface area contributed by atoms with E-state index in [4.69, 9.17) is 18.9 Å². The molecule has 7 rings (SSSR count). The van der Waals surface area contributed by atoms with Crippen LogP contribution in [0.2, 0.25) is 0 Å². The smallest absolute Gasteiger partial charge is 0.279 e. The van der Waals surface area contributed by atoms with Gasteiger partial charge in [0.05, 0.1) is 43.5 Å². The fraction of sp³-hybridized carbons (Fsp3) is 0.211. The first-order valence-electron chi connectivity index (χ1n) is 16.3. The SMILES string of the molecule is COc1cc2c(Oc3ccc(NC(=O)c4nn(-c5ccc(F)cc5)c(=O)c5ccccc45)cc3F)ccnc2cc1OCCCN1CCOCC1. The number of morpholine rings is 1. The number of halogens is 2. The van der Waals surface area contributed by atoms with Gasteiger partial charge < -0.3 is 24.3 Å². The van der Waals surface area contributed by atoms with E-state index in [0.717, 1.165) is 50.0 Å². The van der Waals surface area contributed by atoms with E-state index in [1.54, 1.807) is 55.8 Å². The zero-order chi connectivity index (χ0) is 35.3. The molecule has 1 amide bonds. The lowest BCUT2D eigenvalue weighted by Gasteiger charge is -2.26. The van der Waals surface area contributed by atoms with Gasteiger partial charge in [0.2, 0.25) is 0 Å². The van der Waals surface area contributed by atoms with Crippen LogP contribution in [0.15, 0.2) is 95.9 Å². The highest BCUT2D eigenvalue weighted by Crippen LogP contribution is 2.38. The van der Waals surface area contributed by atoms with Crippen molar-refractivity contribution in [2.24, 2.45) is 0 Å². The average molecular weight is 694 g/mol. The summed E-state index contributed by atoms with van der Waals surface area (Å²) in [4.78, 5) is 33.5. The van der Waals surface area contributed by atoms with E-state index in [-0.39, 0.29) is 28.2 Å². The molecule has 0 unspecified atom stereocenters. The number of carbonyl (C=O) groups excluding carboxylic acids is 1. The van der Waals surface area contributed by atoms with Crippen LogP contribution in [0.4, 0.5) is 14.5 Å². The lowest BCUT2D eigenvalue weighted by atomic mass is 10.1. The molecule has 1 fully saturated rings. The molecule has 0 atom stereocenters. The highest BCUT2D eigenvalue weighted by Gasteiger charge is 2.20. The van der Waals surface area contributed by atoms with Crippen LogP contribution in [0.1, 0.15) is 16.9 Å². The number of benzene rings is 4. The van der Waals surface area contributed by atoms with Gasteiger partial charge in [-0.25, -0.2) is 8.78 Å². The summed E-state index contributed by atoms with van der Waals surface area (Å²) in [6.07, 6.45) is 2.39. The lowest BCUT2D eigenvalue weighted by Crippen LogP contribution is -2.37. The molecule has 3 heterocycles. The molecule has 1 aliphatic heterocycles. The number of nitrogens with one attached hydrogen (secondary N) is 1. The van der Waals surface area contributed by atoms with Crippen molar-refractivity contribution in [2.45, 2.75) is 6.42 Å². The Morgan fingerprint density at radius 1 is 0.882 bits per heavy atom. The molecule has 1 N–H and O–H groups in total. The second-order valence-electron chi connectivity index (χ2n) is 11.8. The number of pyridine rings is 1. The number of rotatable bonds is 11. The van der Waals surface area contributed by atoms with Crippen LogP contribution in [0.5, 0.6) is 23.0 Å². The highest BCUT2D eigenvalue weighted by molar-refractivity contribution is 6.11. The summed E-state index contributed by atoms with van der Waals surface area (Å²) < 4.78 is 53.1. The molecular weight excluding hydrogens is 660 g/mol. The minimum Gasteiger partial charge on any atom is -0.493 e. The maximum absolute atomic E-state index is 15.5. The molecule has 2 aromatic heterocycles. The minimum absolute atomic E-state index is 0.0760. The summed E-state index contributed by atoms with van der Waals surface area (Å²) in [7, 11) is 1.54. The van der Waals surface area contributed by atoms with Crippen molar-refractivity contribution >= 4 is 33.3 Å². The van der Waals surface area contributed by atoms with Gasteiger partial charge in [0.1, 0.15) is 11.6 Å². The zero-order valence-electron chi connectivity index (χ0n) is 27.6. The standard InChI is InChI=1S/C38H33F2N5O6/c1-48-34-22-29-31(23-35(34)50-18-4-15-44-16-19-49-20-17-44)41-14-13-32(29)51-33-12-9-25(21-30(33)40)42-37(46)36-27-5-2-3-6-28(27)38(47)45(43-36)26-10-7-24(39)8-11-26/h2-3,5-14,21-23H,4,15-20H2,1H3,(H,42,46). The molecule has 13 heteroatoms. The van der Waals surface area contributed by atoms with Crippen molar-refractivity contribution in [3.63, 3.8) is 0 Å². The lowest BCUT2D eigenvalue weighted by molar-refractivity contribution is 0.0357. The van der Waals surface area contributed by atoms with Gasteiger partial charge in [0.15, 0.2) is 28.8 Å². The number of methoxy groups -OCH3 is 1. The van der Waals surface area contributed by atoms with Crippen molar-refractivity contribution in [2.75, 3.05) is 51.9 Å². The molecule has 11 nitrogen and oxygen atoms in total. The van der Waals surface area contributed by atoms with Crippen molar-refractivity contribution < 1.29 is 32.5 Å². The maximum atomic E-state index is 15.5. The first-order valence-corrected chi connectivity index (χ1v) is 16.3. The first kappa shape index (κ1) is 33.6.